The van der Waals surface area contributed by atoms with Crippen LogP contribution in [0.2, 0.25) is 0 Å². The van der Waals surface area contributed by atoms with Crippen LogP contribution in [0.25, 0.3) is 0 Å². The molecule has 2 aliphatic carbocycles. The molecule has 2 heteroatoms. The summed E-state index contributed by atoms with van der Waals surface area (Å²) in [5.41, 5.74) is 0. The predicted octanol–water partition coefficient (Wildman–Crippen LogP) is 1.02. The zero-order valence-electron chi connectivity index (χ0n) is 12.4. The summed E-state index contributed by atoms with van der Waals surface area (Å²) < 4.78 is 0. The molecule has 1 heterocycles. The normalized spacial score (nSPS) is 33.6. The molecule has 0 aromatic rings. The summed E-state index contributed by atoms with van der Waals surface area (Å²) in [5.74, 6) is 1.68. The van der Waals surface area contributed by atoms with Gasteiger partial charge in [-0.25, -0.2) is 0 Å². The molecule has 96 valence electrons. The van der Waals surface area contributed by atoms with E-state index in [1.165, 1.54) is 45.2 Å². The van der Waals surface area contributed by atoms with Crippen LogP contribution in [-0.4, -0.2) is 24.0 Å². The number of fused-ring (bicyclic) bond motifs is 1. The fourth-order valence-corrected chi connectivity index (χ4v) is 3.43. The van der Waals surface area contributed by atoms with Gasteiger partial charge in [-0.3, -0.25) is 4.90 Å². The van der Waals surface area contributed by atoms with Crippen LogP contribution < -0.4 is 18.9 Å². The van der Waals surface area contributed by atoms with Crippen LogP contribution in [-0.2, 0) is 0 Å². The van der Waals surface area contributed by atoms with Crippen molar-refractivity contribution in [2.24, 2.45) is 11.8 Å². The van der Waals surface area contributed by atoms with E-state index >= 15 is 0 Å². The molecular weight excluding hydrogens is 213 g/mol. The van der Waals surface area contributed by atoms with Crippen molar-refractivity contribution < 1.29 is 18.9 Å². The molecule has 18 heavy (non-hydrogen) atoms. The van der Waals surface area contributed by atoms with Gasteiger partial charge in [-0.2, -0.15) is 0 Å². The van der Waals surface area contributed by atoms with Crippen LogP contribution >= 0.6 is 0 Å². The second-order valence-corrected chi connectivity index (χ2v) is 5.61. The Morgan fingerprint density at radius 2 is 1.61 bits per heavy atom. The Balaban J connectivity index is 0.000000372. The molecule has 2 fully saturated rings. The first kappa shape index (κ1) is 16.1. The molecule has 0 aromatic heterocycles. The van der Waals surface area contributed by atoms with Crippen molar-refractivity contribution in [1.82, 2.24) is 4.90 Å². The second-order valence-electron chi connectivity index (χ2n) is 5.61. The smallest absolute Gasteiger partial charge is 0.300 e. The maximum atomic E-state index is 2.73. The van der Waals surface area contributed by atoms with Gasteiger partial charge in [0, 0.05) is 6.04 Å². The third-order valence-electron chi connectivity index (χ3n) is 4.15. The minimum atomic E-state index is 0. The summed E-state index contributed by atoms with van der Waals surface area (Å²) in [6.45, 7) is 6.96. The van der Waals surface area contributed by atoms with E-state index in [2.05, 4.69) is 43.1 Å². The molecule has 3 aliphatic rings. The monoisotopic (exact) mass is 240 g/mol. The third-order valence-corrected chi connectivity index (χ3v) is 4.15. The van der Waals surface area contributed by atoms with Gasteiger partial charge in [0.25, 0.3) is 0 Å². The van der Waals surface area contributed by atoms with Crippen LogP contribution in [0.4, 0.5) is 0 Å². The average Bonchev–Trinajstić information content (AvgIpc) is 2.98. The predicted molar refractivity (Wildman–Crippen MR) is 75.1 cm³/mol. The van der Waals surface area contributed by atoms with Crippen molar-refractivity contribution in [1.29, 1.82) is 0 Å². The Morgan fingerprint density at radius 1 is 1.00 bits per heavy atom. The van der Waals surface area contributed by atoms with Gasteiger partial charge in [0.1, 0.15) is 0 Å². The summed E-state index contributed by atoms with van der Waals surface area (Å²) in [4.78, 5) is 2.73. The molecule has 0 bridgehead atoms. The fraction of sp³-hybridized carbons (Fsp3) is 0.750. The van der Waals surface area contributed by atoms with E-state index in [4.69, 9.17) is 0 Å². The Hall–Kier alpha value is 0.0374. The Kier molecular flexibility index (Phi) is 7.38. The molecule has 3 unspecified atom stereocenters. The molecule has 3 rings (SSSR count). The minimum absolute atomic E-state index is 0. The maximum Gasteiger partial charge on any atom is 1.00 e. The number of likely N-dealkylation sites (tertiary alicyclic amines) is 1. The topological polar surface area (TPSA) is 3.24 Å². The molecule has 1 aliphatic heterocycles. The fourth-order valence-electron chi connectivity index (χ4n) is 3.43. The van der Waals surface area contributed by atoms with Crippen LogP contribution in [0.1, 0.15) is 46.0 Å². The van der Waals surface area contributed by atoms with Gasteiger partial charge in [-0.05, 0) is 50.6 Å². The van der Waals surface area contributed by atoms with Gasteiger partial charge in [-0.1, -0.05) is 44.6 Å². The summed E-state index contributed by atoms with van der Waals surface area (Å²) in [6.07, 6.45) is 16.3. The van der Waals surface area contributed by atoms with Gasteiger partial charge < -0.3 is 0 Å². The minimum Gasteiger partial charge on any atom is -0.300 e. The van der Waals surface area contributed by atoms with Crippen molar-refractivity contribution in [3.05, 3.63) is 24.3 Å². The first-order valence-corrected chi connectivity index (χ1v) is 7.45. The third kappa shape index (κ3) is 3.76. The largest absolute Gasteiger partial charge is 1.00 e. The number of nitrogens with zero attached hydrogens (tertiary/aromatic N) is 1. The first-order chi connectivity index (χ1) is 8.36. The molecule has 3 atom stereocenters. The quantitative estimate of drug-likeness (QED) is 0.619. The van der Waals surface area contributed by atoms with E-state index in [0.717, 1.165) is 17.9 Å². The van der Waals surface area contributed by atoms with E-state index in [1.54, 1.807) is 0 Å². The molecule has 1 saturated carbocycles. The SMILES string of the molecule is C1=CC2CCC(N3CCCC3)C2C=C1.CCC.[Li+]. The van der Waals surface area contributed by atoms with Crippen LogP contribution in [0.5, 0.6) is 0 Å². The van der Waals surface area contributed by atoms with E-state index in [1.807, 2.05) is 0 Å². The molecule has 1 nitrogen and oxygen atoms in total. The van der Waals surface area contributed by atoms with Gasteiger partial charge in [0.05, 0.1) is 0 Å². The van der Waals surface area contributed by atoms with E-state index < -0.39 is 0 Å². The zero-order chi connectivity index (χ0) is 12.1. The molecule has 0 spiro atoms. The maximum absolute atomic E-state index is 2.73. The molecule has 0 amide bonds. The van der Waals surface area contributed by atoms with Gasteiger partial charge in [-0.15, -0.1) is 0 Å². The molecule has 1 saturated heterocycles. The number of rotatable bonds is 1. The molecule has 0 aromatic carbocycles. The Bertz CT molecular complexity index is 279. The van der Waals surface area contributed by atoms with Crippen LogP contribution in [0, 0.1) is 11.8 Å². The summed E-state index contributed by atoms with van der Waals surface area (Å²) in [7, 11) is 0. The van der Waals surface area contributed by atoms with E-state index in [-0.39, 0.29) is 18.9 Å². The van der Waals surface area contributed by atoms with Crippen molar-refractivity contribution in [2.75, 3.05) is 13.1 Å². The summed E-state index contributed by atoms with van der Waals surface area (Å²) in [5, 5.41) is 0. The molecule has 0 radical (unpaired) electrons. The summed E-state index contributed by atoms with van der Waals surface area (Å²) in [6, 6.07) is 0.865. The standard InChI is InChI=1S/C13H19N.C3H8.Li/c1-2-6-12-11(5-1)7-8-13(12)14-9-3-4-10-14;1-3-2;/h1-2,5-6,11-13H,3-4,7-10H2;3H2,1-2H3;/q;;+1. The average molecular weight is 240 g/mol. The molecule has 0 N–H and O–H groups in total. The number of allylic oxidation sites excluding steroid dienone is 3. The Labute approximate surface area is 125 Å². The van der Waals surface area contributed by atoms with Crippen molar-refractivity contribution >= 4 is 0 Å². The number of hydrogen-bond acceptors (Lipinski definition) is 1. The summed E-state index contributed by atoms with van der Waals surface area (Å²) >= 11 is 0. The molecular formula is C16H27LiN+. The van der Waals surface area contributed by atoms with Gasteiger partial charge in [0.15, 0.2) is 0 Å². The zero-order valence-corrected chi connectivity index (χ0v) is 12.4. The van der Waals surface area contributed by atoms with Crippen molar-refractivity contribution in [2.45, 2.75) is 52.0 Å². The Morgan fingerprint density at radius 3 is 2.28 bits per heavy atom. The van der Waals surface area contributed by atoms with Crippen LogP contribution in [0.15, 0.2) is 24.3 Å². The van der Waals surface area contributed by atoms with E-state index in [0.29, 0.717) is 0 Å². The van der Waals surface area contributed by atoms with Crippen LogP contribution in [0.3, 0.4) is 0 Å². The van der Waals surface area contributed by atoms with Crippen molar-refractivity contribution in [3.8, 4) is 0 Å². The number of hydrogen-bond donors (Lipinski definition) is 0. The van der Waals surface area contributed by atoms with E-state index in [9.17, 15) is 0 Å². The first-order valence-electron chi connectivity index (χ1n) is 7.45. The van der Waals surface area contributed by atoms with Crippen molar-refractivity contribution in [3.63, 3.8) is 0 Å². The second kappa shape index (κ2) is 8.26. The van der Waals surface area contributed by atoms with Gasteiger partial charge >= 0.3 is 18.9 Å². The van der Waals surface area contributed by atoms with Gasteiger partial charge in [0.2, 0.25) is 0 Å².